The van der Waals surface area contributed by atoms with Crippen molar-refractivity contribution >= 4 is 23.6 Å². The molecule has 2 saturated heterocycles. The van der Waals surface area contributed by atoms with Crippen molar-refractivity contribution in [1.29, 1.82) is 0 Å². The predicted octanol–water partition coefficient (Wildman–Crippen LogP) is 2.83. The highest BCUT2D eigenvalue weighted by Crippen LogP contribution is 2.24. The van der Waals surface area contributed by atoms with Crippen LogP contribution in [0, 0.1) is 5.82 Å². The molecule has 8 nitrogen and oxygen atoms in total. The second-order valence-corrected chi connectivity index (χ2v) is 7.80. The minimum absolute atomic E-state index is 0.0239. The Morgan fingerprint density at radius 2 is 1.93 bits per heavy atom. The van der Waals surface area contributed by atoms with Crippen molar-refractivity contribution in [2.45, 2.75) is 32.5 Å². The minimum Gasteiger partial charge on any atom is -0.446 e. The average molecular weight is 395 g/mol. The number of nitrogens with one attached hydrogen (secondary N) is 1. The van der Waals surface area contributed by atoms with Gasteiger partial charge in [0, 0.05) is 31.9 Å². The first kappa shape index (κ1) is 20.2. The zero-order chi connectivity index (χ0) is 20.3. The molecule has 0 radical (unpaired) electrons. The number of anilines is 2. The molecule has 2 amide bonds. The maximum Gasteiger partial charge on any atom is 0.411 e. The fourth-order valence-corrected chi connectivity index (χ4v) is 2.78. The van der Waals surface area contributed by atoms with Gasteiger partial charge in [-0.3, -0.25) is 5.32 Å². The Morgan fingerprint density at radius 3 is 2.50 bits per heavy atom. The Balaban J connectivity index is 1.51. The molecule has 1 unspecified atom stereocenters. The number of carbonyl (C=O) groups is 2. The van der Waals surface area contributed by atoms with E-state index in [1.54, 1.807) is 17.0 Å². The fourth-order valence-electron chi connectivity index (χ4n) is 2.78. The molecule has 1 aromatic carbocycles. The van der Waals surface area contributed by atoms with Crippen LogP contribution in [0.5, 0.6) is 0 Å². The summed E-state index contributed by atoms with van der Waals surface area (Å²) in [5.74, 6) is -0.450. The molecule has 1 aromatic rings. The van der Waals surface area contributed by atoms with E-state index in [-0.39, 0.29) is 18.8 Å². The summed E-state index contributed by atoms with van der Waals surface area (Å²) in [5, 5.41) is 2.50. The van der Waals surface area contributed by atoms with Gasteiger partial charge in [-0.15, -0.1) is 0 Å². The van der Waals surface area contributed by atoms with E-state index in [9.17, 15) is 14.0 Å². The van der Waals surface area contributed by atoms with Crippen LogP contribution in [0.3, 0.4) is 0 Å². The minimum atomic E-state index is -0.645. The van der Waals surface area contributed by atoms with Gasteiger partial charge in [0.2, 0.25) is 0 Å². The Bertz CT molecular complexity index is 725. The molecule has 154 valence electrons. The molecular formula is C19H26FN3O5. The topological polar surface area (TPSA) is 83.6 Å². The number of amides is 2. The van der Waals surface area contributed by atoms with E-state index in [0.29, 0.717) is 44.2 Å². The third-order valence-electron chi connectivity index (χ3n) is 4.27. The Labute approximate surface area is 163 Å². The summed E-state index contributed by atoms with van der Waals surface area (Å²) in [6, 6.07) is 4.48. The number of ether oxygens (including phenoxy) is 3. The Morgan fingerprint density at radius 1 is 1.25 bits per heavy atom. The van der Waals surface area contributed by atoms with Gasteiger partial charge in [-0.1, -0.05) is 0 Å². The highest BCUT2D eigenvalue weighted by Gasteiger charge is 2.27. The van der Waals surface area contributed by atoms with Crippen LogP contribution >= 0.6 is 0 Å². The molecule has 28 heavy (non-hydrogen) atoms. The maximum absolute atomic E-state index is 14.5. The zero-order valence-corrected chi connectivity index (χ0v) is 16.4. The number of nitrogens with zero attached hydrogens (tertiary/aromatic N) is 2. The second-order valence-electron chi connectivity index (χ2n) is 7.80. The van der Waals surface area contributed by atoms with Crippen LogP contribution in [0.15, 0.2) is 18.2 Å². The largest absolute Gasteiger partial charge is 0.446 e. The molecule has 0 aliphatic carbocycles. The van der Waals surface area contributed by atoms with Gasteiger partial charge in [-0.2, -0.15) is 0 Å². The van der Waals surface area contributed by atoms with Crippen molar-refractivity contribution in [1.82, 2.24) is 4.90 Å². The zero-order valence-electron chi connectivity index (χ0n) is 16.4. The smallest absolute Gasteiger partial charge is 0.411 e. The van der Waals surface area contributed by atoms with Crippen LogP contribution in [0.4, 0.5) is 25.4 Å². The molecule has 2 aliphatic rings. The summed E-state index contributed by atoms with van der Waals surface area (Å²) in [7, 11) is 0. The number of rotatable bonds is 4. The van der Waals surface area contributed by atoms with Gasteiger partial charge in [0.1, 0.15) is 24.1 Å². The van der Waals surface area contributed by atoms with Gasteiger partial charge < -0.3 is 24.0 Å². The Hall–Kier alpha value is -2.55. The molecule has 1 atom stereocenters. The van der Waals surface area contributed by atoms with Crippen molar-refractivity contribution in [2.75, 3.05) is 49.6 Å². The SMILES string of the molecule is CC(C)(C)OC(=O)N1CCN(c2ccc(NC(=O)OCC3CO3)cc2F)CC1. The van der Waals surface area contributed by atoms with Crippen LogP contribution < -0.4 is 10.2 Å². The summed E-state index contributed by atoms with van der Waals surface area (Å²) in [4.78, 5) is 27.3. The molecule has 0 spiro atoms. The van der Waals surface area contributed by atoms with E-state index in [4.69, 9.17) is 14.2 Å². The lowest BCUT2D eigenvalue weighted by molar-refractivity contribution is 0.0240. The molecule has 1 N–H and O–H groups in total. The quantitative estimate of drug-likeness (QED) is 0.790. The summed E-state index contributed by atoms with van der Waals surface area (Å²) in [6.45, 7) is 8.13. The van der Waals surface area contributed by atoms with E-state index in [1.807, 2.05) is 25.7 Å². The van der Waals surface area contributed by atoms with Crippen LogP contribution in [-0.2, 0) is 14.2 Å². The molecule has 2 heterocycles. The molecule has 0 bridgehead atoms. The van der Waals surface area contributed by atoms with Gasteiger partial charge in [0.25, 0.3) is 0 Å². The first-order valence-corrected chi connectivity index (χ1v) is 9.29. The lowest BCUT2D eigenvalue weighted by atomic mass is 10.2. The summed E-state index contributed by atoms with van der Waals surface area (Å²) in [5.41, 5.74) is 0.195. The molecule has 0 aromatic heterocycles. The van der Waals surface area contributed by atoms with Crippen molar-refractivity contribution in [3.8, 4) is 0 Å². The highest BCUT2D eigenvalue weighted by atomic mass is 19.1. The third kappa shape index (κ3) is 5.72. The molecule has 3 rings (SSSR count). The standard InChI is InChI=1S/C19H26FN3O5/c1-19(2,3)28-18(25)23-8-6-22(7-9-23)16-5-4-13(10-15(16)20)21-17(24)27-12-14-11-26-14/h4-5,10,14H,6-9,11-12H2,1-3H3,(H,21,24). The molecule has 2 fully saturated rings. The van der Waals surface area contributed by atoms with Gasteiger partial charge in [-0.25, -0.2) is 14.0 Å². The van der Waals surface area contributed by atoms with Crippen molar-refractivity contribution in [3.63, 3.8) is 0 Å². The molecular weight excluding hydrogens is 369 g/mol. The van der Waals surface area contributed by atoms with Crippen molar-refractivity contribution in [3.05, 3.63) is 24.0 Å². The monoisotopic (exact) mass is 395 g/mol. The molecule has 9 heteroatoms. The number of benzene rings is 1. The Kier molecular flexibility index (Phi) is 5.93. The summed E-state index contributed by atoms with van der Waals surface area (Å²) in [6.07, 6.45) is -1.03. The van der Waals surface area contributed by atoms with Crippen molar-refractivity contribution < 1.29 is 28.2 Å². The highest BCUT2D eigenvalue weighted by molar-refractivity contribution is 5.85. The number of halogens is 1. The van der Waals surface area contributed by atoms with E-state index in [2.05, 4.69) is 5.32 Å². The fraction of sp³-hybridized carbons (Fsp3) is 0.579. The van der Waals surface area contributed by atoms with Crippen LogP contribution in [0.1, 0.15) is 20.8 Å². The number of epoxide rings is 1. The number of piperazine rings is 1. The first-order valence-electron chi connectivity index (χ1n) is 9.29. The summed E-state index contributed by atoms with van der Waals surface area (Å²) >= 11 is 0. The predicted molar refractivity (Wildman–Crippen MR) is 101 cm³/mol. The number of carbonyl (C=O) groups excluding carboxylic acids is 2. The van der Waals surface area contributed by atoms with Gasteiger partial charge in [0.15, 0.2) is 0 Å². The van der Waals surface area contributed by atoms with Crippen molar-refractivity contribution in [2.24, 2.45) is 0 Å². The van der Waals surface area contributed by atoms with E-state index in [1.165, 1.54) is 6.07 Å². The normalized spacial score (nSPS) is 19.2. The van der Waals surface area contributed by atoms with E-state index in [0.717, 1.165) is 0 Å². The van der Waals surface area contributed by atoms with Gasteiger partial charge in [-0.05, 0) is 39.0 Å². The van der Waals surface area contributed by atoms with Crippen LogP contribution in [-0.4, -0.2) is 68.2 Å². The third-order valence-corrected chi connectivity index (χ3v) is 4.27. The van der Waals surface area contributed by atoms with E-state index < -0.39 is 17.5 Å². The number of hydrogen-bond donors (Lipinski definition) is 1. The molecule has 0 saturated carbocycles. The summed E-state index contributed by atoms with van der Waals surface area (Å²) < 4.78 is 29.8. The van der Waals surface area contributed by atoms with E-state index >= 15 is 0 Å². The van der Waals surface area contributed by atoms with Crippen LogP contribution in [0.2, 0.25) is 0 Å². The second kappa shape index (κ2) is 8.22. The van der Waals surface area contributed by atoms with Crippen LogP contribution in [0.25, 0.3) is 0 Å². The lowest BCUT2D eigenvalue weighted by Gasteiger charge is -2.36. The number of hydrogen-bond acceptors (Lipinski definition) is 6. The lowest BCUT2D eigenvalue weighted by Crippen LogP contribution is -2.50. The first-order chi connectivity index (χ1) is 13.2. The van der Waals surface area contributed by atoms with Gasteiger partial charge >= 0.3 is 12.2 Å². The maximum atomic E-state index is 14.5. The average Bonchev–Trinajstić information content (AvgIpc) is 3.43. The van der Waals surface area contributed by atoms with Gasteiger partial charge in [0.05, 0.1) is 12.3 Å². The molecule has 2 aliphatic heterocycles.